The Hall–Kier alpha value is -3.26. The number of benzene rings is 2. The van der Waals surface area contributed by atoms with Gasteiger partial charge in [-0.1, -0.05) is 35.9 Å². The third kappa shape index (κ3) is 5.08. The number of rotatable bonds is 7. The second-order valence-electron chi connectivity index (χ2n) is 7.06. The van der Waals surface area contributed by atoms with Gasteiger partial charge in [-0.05, 0) is 42.3 Å². The minimum atomic E-state index is -2.89. The van der Waals surface area contributed by atoms with Gasteiger partial charge in [-0.25, -0.2) is 13.6 Å². The molecule has 0 aliphatic carbocycles. The molecule has 9 heteroatoms. The van der Waals surface area contributed by atoms with E-state index in [2.05, 4.69) is 10.4 Å². The van der Waals surface area contributed by atoms with Crippen molar-refractivity contribution < 1.29 is 23.5 Å². The summed E-state index contributed by atoms with van der Waals surface area (Å²) < 4.78 is 28.5. The van der Waals surface area contributed by atoms with Crippen LogP contribution < -0.4 is 5.32 Å². The molecule has 0 fully saturated rings. The lowest BCUT2D eigenvalue weighted by Crippen LogP contribution is -2.28. The largest absolute Gasteiger partial charge is 0.478 e. The number of aromatic nitrogens is 2. The van der Waals surface area contributed by atoms with Crippen molar-refractivity contribution in [3.8, 4) is 0 Å². The van der Waals surface area contributed by atoms with Crippen molar-refractivity contribution in [2.75, 3.05) is 0 Å². The van der Waals surface area contributed by atoms with Gasteiger partial charge in [0.1, 0.15) is 5.69 Å². The van der Waals surface area contributed by atoms with Crippen molar-refractivity contribution in [3.63, 3.8) is 0 Å². The number of carboxylic acids is 1. The highest BCUT2D eigenvalue weighted by atomic mass is 35.5. The van der Waals surface area contributed by atoms with Crippen LogP contribution in [0.3, 0.4) is 0 Å². The lowest BCUT2D eigenvalue weighted by atomic mass is 10.0. The van der Waals surface area contributed by atoms with E-state index in [0.29, 0.717) is 10.6 Å². The molecule has 0 saturated heterocycles. The molecule has 0 saturated carbocycles. The zero-order chi connectivity index (χ0) is 22.7. The summed E-state index contributed by atoms with van der Waals surface area (Å²) in [7, 11) is 1.37. The van der Waals surface area contributed by atoms with Gasteiger partial charge in [0.15, 0.2) is 0 Å². The Balaban J connectivity index is 1.89. The first kappa shape index (κ1) is 22.4. The zero-order valence-electron chi connectivity index (χ0n) is 16.8. The fourth-order valence-corrected chi connectivity index (χ4v) is 3.40. The number of alkyl halides is 2. The Morgan fingerprint density at radius 1 is 1.13 bits per heavy atom. The maximum atomic E-state index is 13.7. The quantitative estimate of drug-likeness (QED) is 0.545. The number of hydrogen-bond donors (Lipinski definition) is 2. The minimum absolute atomic E-state index is 0.111. The molecule has 6 nitrogen and oxygen atoms in total. The van der Waals surface area contributed by atoms with Crippen LogP contribution in [0.5, 0.6) is 0 Å². The third-order valence-electron chi connectivity index (χ3n) is 4.89. The third-order valence-corrected chi connectivity index (χ3v) is 5.14. The summed E-state index contributed by atoms with van der Waals surface area (Å²) in [6.07, 6.45) is -2.70. The van der Waals surface area contributed by atoms with Crippen LogP contribution in [-0.4, -0.2) is 26.8 Å². The summed E-state index contributed by atoms with van der Waals surface area (Å²) in [5.74, 6) is -1.74. The first-order valence-corrected chi connectivity index (χ1v) is 9.77. The van der Waals surface area contributed by atoms with Crippen molar-refractivity contribution >= 4 is 23.5 Å². The maximum absolute atomic E-state index is 13.7. The lowest BCUT2D eigenvalue weighted by molar-refractivity contribution is 0.0696. The molecule has 1 aromatic heterocycles. The first-order valence-electron chi connectivity index (χ1n) is 9.39. The predicted octanol–water partition coefficient (Wildman–Crippen LogP) is 4.79. The Kier molecular flexibility index (Phi) is 6.70. The molecule has 31 heavy (non-hydrogen) atoms. The molecule has 1 atom stereocenters. The van der Waals surface area contributed by atoms with Crippen LogP contribution in [-0.2, 0) is 13.5 Å². The van der Waals surface area contributed by atoms with Crippen LogP contribution in [0, 0.1) is 0 Å². The number of halogens is 3. The van der Waals surface area contributed by atoms with Crippen LogP contribution in [0.15, 0.2) is 48.5 Å². The second kappa shape index (κ2) is 9.26. The number of carbonyl (C=O) groups excluding carboxylic acids is 1. The van der Waals surface area contributed by atoms with E-state index in [0.717, 1.165) is 10.2 Å². The fourth-order valence-electron chi connectivity index (χ4n) is 3.28. The summed E-state index contributed by atoms with van der Waals surface area (Å²) in [6, 6.07) is 12.3. The monoisotopic (exact) mass is 447 g/mol. The number of nitrogens with one attached hydrogen (secondary N) is 1. The molecule has 0 radical (unpaired) electrons. The maximum Gasteiger partial charge on any atom is 0.335 e. The molecule has 0 bridgehead atoms. The van der Waals surface area contributed by atoms with Crippen LogP contribution in [0.4, 0.5) is 8.78 Å². The molecule has 1 unspecified atom stereocenters. The van der Waals surface area contributed by atoms with E-state index in [4.69, 9.17) is 16.7 Å². The van der Waals surface area contributed by atoms with Crippen molar-refractivity contribution in [1.29, 1.82) is 0 Å². The molecule has 1 amide bonds. The highest BCUT2D eigenvalue weighted by molar-refractivity contribution is 6.30. The van der Waals surface area contributed by atoms with E-state index in [1.54, 1.807) is 43.3 Å². The topological polar surface area (TPSA) is 84.2 Å². The summed E-state index contributed by atoms with van der Waals surface area (Å²) in [4.78, 5) is 24.0. The van der Waals surface area contributed by atoms with Crippen molar-refractivity contribution in [2.24, 2.45) is 7.05 Å². The minimum Gasteiger partial charge on any atom is -0.478 e. The Labute approximate surface area is 182 Å². The van der Waals surface area contributed by atoms with Gasteiger partial charge in [-0.2, -0.15) is 5.10 Å². The molecule has 0 aliphatic heterocycles. The summed E-state index contributed by atoms with van der Waals surface area (Å²) in [5.41, 5.74) is 1.12. The molecule has 3 aromatic rings. The highest BCUT2D eigenvalue weighted by Gasteiger charge is 2.29. The molecule has 2 aromatic carbocycles. The number of hydrogen-bond acceptors (Lipinski definition) is 3. The number of aryl methyl sites for hydroxylation is 1. The van der Waals surface area contributed by atoms with E-state index >= 15 is 0 Å². The number of amides is 1. The average Bonchev–Trinajstić information content (AvgIpc) is 3.05. The van der Waals surface area contributed by atoms with Crippen LogP contribution in [0.1, 0.15) is 62.6 Å². The average molecular weight is 448 g/mol. The molecule has 1 heterocycles. The molecule has 162 valence electrons. The van der Waals surface area contributed by atoms with Crippen molar-refractivity contribution in [1.82, 2.24) is 15.1 Å². The Morgan fingerprint density at radius 2 is 1.74 bits per heavy atom. The molecule has 2 N–H and O–H groups in total. The van der Waals surface area contributed by atoms with Gasteiger partial charge in [0.05, 0.1) is 22.9 Å². The van der Waals surface area contributed by atoms with E-state index in [1.165, 1.54) is 19.2 Å². The van der Waals surface area contributed by atoms with E-state index in [-0.39, 0.29) is 23.2 Å². The zero-order valence-corrected chi connectivity index (χ0v) is 17.5. The fraction of sp³-hybridized carbons (Fsp3) is 0.227. The van der Waals surface area contributed by atoms with Gasteiger partial charge in [0.2, 0.25) is 0 Å². The Bertz CT molecular complexity index is 1100. The number of aromatic carboxylic acids is 1. The smallest absolute Gasteiger partial charge is 0.335 e. The summed E-state index contributed by atoms with van der Waals surface area (Å²) in [6.45, 7) is 1.69. The number of nitrogens with zero attached hydrogens (tertiary/aromatic N) is 2. The van der Waals surface area contributed by atoms with Gasteiger partial charge in [0, 0.05) is 18.5 Å². The van der Waals surface area contributed by atoms with Crippen molar-refractivity contribution in [2.45, 2.75) is 25.8 Å². The second-order valence-corrected chi connectivity index (χ2v) is 7.49. The molecular formula is C22H20ClF2N3O3. The predicted molar refractivity (Wildman–Crippen MR) is 112 cm³/mol. The first-order chi connectivity index (χ1) is 14.7. The van der Waals surface area contributed by atoms with E-state index in [1.807, 2.05) is 0 Å². The van der Waals surface area contributed by atoms with Crippen LogP contribution in [0.25, 0.3) is 0 Å². The molecule has 0 aliphatic rings. The highest BCUT2D eigenvalue weighted by Crippen LogP contribution is 2.27. The summed E-state index contributed by atoms with van der Waals surface area (Å²) >= 11 is 5.89. The SMILES string of the molecule is CC(NC(=O)c1c(Cc2ccc(Cl)cc2)nn(C)c1C(F)F)c1ccc(C(=O)O)cc1. The van der Waals surface area contributed by atoms with Crippen LogP contribution >= 0.6 is 11.6 Å². The van der Waals surface area contributed by atoms with E-state index in [9.17, 15) is 18.4 Å². The standard InChI is InChI=1S/C22H20ClF2N3O3/c1-12(14-5-7-15(8-6-14)22(30)31)26-21(29)18-17(27-28(2)19(18)20(24)25)11-13-3-9-16(23)10-4-13/h3-10,12,20H,11H2,1-2H3,(H,26,29)(H,30,31). The summed E-state index contributed by atoms with van der Waals surface area (Å²) in [5, 5.41) is 16.4. The van der Waals surface area contributed by atoms with Crippen LogP contribution in [0.2, 0.25) is 5.02 Å². The number of carboxylic acid groups (broad SMARTS) is 1. The van der Waals surface area contributed by atoms with E-state index < -0.39 is 30.0 Å². The molecule has 3 rings (SSSR count). The molecule has 0 spiro atoms. The number of carbonyl (C=O) groups is 2. The normalized spacial score (nSPS) is 12.1. The van der Waals surface area contributed by atoms with Gasteiger partial charge in [-0.3, -0.25) is 9.48 Å². The van der Waals surface area contributed by atoms with Gasteiger partial charge < -0.3 is 10.4 Å². The molecular weight excluding hydrogens is 428 g/mol. The Morgan fingerprint density at radius 3 is 2.29 bits per heavy atom. The van der Waals surface area contributed by atoms with Gasteiger partial charge in [-0.15, -0.1) is 0 Å². The lowest BCUT2D eigenvalue weighted by Gasteiger charge is -2.15. The van der Waals surface area contributed by atoms with Gasteiger partial charge in [0.25, 0.3) is 12.3 Å². The van der Waals surface area contributed by atoms with Crippen molar-refractivity contribution in [3.05, 3.63) is 87.2 Å². The van der Waals surface area contributed by atoms with Gasteiger partial charge >= 0.3 is 5.97 Å².